The number of aliphatic hydroxyl groups is 5. The third-order valence-corrected chi connectivity index (χ3v) is 5.54. The average molecular weight is 420 g/mol. The van der Waals surface area contributed by atoms with Crippen LogP contribution in [-0.4, -0.2) is 68.4 Å². The lowest BCUT2D eigenvalue weighted by molar-refractivity contribution is -0.129. The van der Waals surface area contributed by atoms with Gasteiger partial charge in [-0.05, 0) is 12.8 Å². The molecule has 0 spiro atoms. The zero-order chi connectivity index (χ0) is 22.1. The van der Waals surface area contributed by atoms with Gasteiger partial charge in [0.2, 0.25) is 0 Å². The molecule has 0 heterocycles. The van der Waals surface area contributed by atoms with Crippen LogP contribution in [0.2, 0.25) is 0 Å². The van der Waals surface area contributed by atoms with Gasteiger partial charge in [0.1, 0.15) is 18.3 Å². The van der Waals surface area contributed by atoms with Crippen molar-refractivity contribution >= 4 is 5.78 Å². The summed E-state index contributed by atoms with van der Waals surface area (Å²) >= 11 is 0. The van der Waals surface area contributed by atoms with E-state index in [-0.39, 0.29) is 12.8 Å². The number of rotatable bonds is 20. The zero-order valence-electron chi connectivity index (χ0n) is 18.2. The standard InChI is InChI=1S/C22H45NO6/c1-2-3-4-5-6-7-8-9-10-11-12-13-17(25)14-15-18(26)20(23)22(29)21(28)19(27)16-24/h17,19-22,24-25,27-29H,2-16,23H2,1H3/t17?,19-,20+,21-,22-/m1/s1. The molecule has 0 bridgehead atoms. The van der Waals surface area contributed by atoms with Crippen LogP contribution in [0.4, 0.5) is 0 Å². The molecular weight excluding hydrogens is 374 g/mol. The van der Waals surface area contributed by atoms with Crippen molar-refractivity contribution in [1.29, 1.82) is 0 Å². The number of Topliss-reactive ketones (excluding diaryl/α,β-unsaturated/α-hetero) is 1. The molecule has 0 radical (unpaired) electrons. The molecule has 29 heavy (non-hydrogen) atoms. The minimum absolute atomic E-state index is 0.000630. The maximum Gasteiger partial charge on any atom is 0.152 e. The fourth-order valence-corrected chi connectivity index (χ4v) is 3.40. The molecular formula is C22H45NO6. The van der Waals surface area contributed by atoms with Crippen molar-refractivity contribution in [3.05, 3.63) is 0 Å². The topological polar surface area (TPSA) is 144 Å². The first-order valence-corrected chi connectivity index (χ1v) is 11.5. The van der Waals surface area contributed by atoms with Crippen molar-refractivity contribution in [3.8, 4) is 0 Å². The van der Waals surface area contributed by atoms with E-state index in [2.05, 4.69) is 6.92 Å². The second-order valence-electron chi connectivity index (χ2n) is 8.24. The van der Waals surface area contributed by atoms with Gasteiger partial charge in [0.15, 0.2) is 5.78 Å². The van der Waals surface area contributed by atoms with Gasteiger partial charge in [-0.15, -0.1) is 0 Å². The highest BCUT2D eigenvalue weighted by atomic mass is 16.4. The largest absolute Gasteiger partial charge is 0.394 e. The number of carbonyl (C=O) groups excluding carboxylic acids is 1. The molecule has 0 rings (SSSR count). The van der Waals surface area contributed by atoms with E-state index in [1.165, 1.54) is 57.8 Å². The summed E-state index contributed by atoms with van der Waals surface area (Å²) in [5, 5.41) is 47.5. The van der Waals surface area contributed by atoms with Gasteiger partial charge in [-0.3, -0.25) is 4.79 Å². The van der Waals surface area contributed by atoms with E-state index in [4.69, 9.17) is 10.8 Å². The lowest BCUT2D eigenvalue weighted by atomic mass is 9.95. The fraction of sp³-hybridized carbons (Fsp3) is 0.955. The maximum absolute atomic E-state index is 12.0. The van der Waals surface area contributed by atoms with Gasteiger partial charge in [-0.1, -0.05) is 77.6 Å². The van der Waals surface area contributed by atoms with Crippen LogP contribution < -0.4 is 5.73 Å². The second kappa shape index (κ2) is 18.2. The van der Waals surface area contributed by atoms with Crippen molar-refractivity contribution in [3.63, 3.8) is 0 Å². The number of ketones is 1. The highest BCUT2D eigenvalue weighted by Crippen LogP contribution is 2.14. The molecule has 1 unspecified atom stereocenters. The Morgan fingerprint density at radius 3 is 1.72 bits per heavy atom. The molecule has 5 atom stereocenters. The van der Waals surface area contributed by atoms with Gasteiger partial charge < -0.3 is 31.3 Å². The van der Waals surface area contributed by atoms with E-state index < -0.39 is 42.8 Å². The molecule has 0 aromatic heterocycles. The Hall–Kier alpha value is -0.570. The van der Waals surface area contributed by atoms with Gasteiger partial charge in [0, 0.05) is 6.42 Å². The monoisotopic (exact) mass is 419 g/mol. The fourth-order valence-electron chi connectivity index (χ4n) is 3.40. The van der Waals surface area contributed by atoms with Crippen LogP contribution in [-0.2, 0) is 4.79 Å². The number of carbonyl (C=O) groups is 1. The second-order valence-corrected chi connectivity index (χ2v) is 8.24. The van der Waals surface area contributed by atoms with Crippen LogP contribution >= 0.6 is 0 Å². The molecule has 0 fully saturated rings. The maximum atomic E-state index is 12.0. The van der Waals surface area contributed by atoms with Crippen molar-refractivity contribution in [2.75, 3.05) is 6.61 Å². The zero-order valence-corrected chi connectivity index (χ0v) is 18.2. The number of aliphatic hydroxyl groups excluding tert-OH is 5. The highest BCUT2D eigenvalue weighted by molar-refractivity contribution is 5.84. The molecule has 0 aliphatic carbocycles. The Balaban J connectivity index is 3.73. The minimum Gasteiger partial charge on any atom is -0.394 e. The van der Waals surface area contributed by atoms with Crippen molar-refractivity contribution in [1.82, 2.24) is 0 Å². The summed E-state index contributed by atoms with van der Waals surface area (Å²) in [5.74, 6) is -0.486. The van der Waals surface area contributed by atoms with Gasteiger partial charge in [-0.25, -0.2) is 0 Å². The lowest BCUT2D eigenvalue weighted by Crippen LogP contribution is -2.52. The summed E-state index contributed by atoms with van der Waals surface area (Å²) in [4.78, 5) is 12.0. The van der Waals surface area contributed by atoms with Gasteiger partial charge in [-0.2, -0.15) is 0 Å². The summed E-state index contributed by atoms with van der Waals surface area (Å²) in [6.45, 7) is 1.49. The number of nitrogens with two attached hydrogens (primary N) is 1. The molecule has 0 saturated carbocycles. The van der Waals surface area contributed by atoms with Crippen molar-refractivity contribution in [2.45, 2.75) is 127 Å². The first kappa shape index (κ1) is 28.4. The van der Waals surface area contributed by atoms with E-state index in [0.717, 1.165) is 12.8 Å². The summed E-state index contributed by atoms with van der Waals surface area (Å²) in [5.41, 5.74) is 5.62. The molecule has 0 amide bonds. The minimum atomic E-state index is -1.69. The first-order valence-electron chi connectivity index (χ1n) is 11.5. The van der Waals surface area contributed by atoms with Crippen LogP contribution in [0.3, 0.4) is 0 Å². The van der Waals surface area contributed by atoms with Crippen LogP contribution in [0.25, 0.3) is 0 Å². The molecule has 0 aromatic carbocycles. The van der Waals surface area contributed by atoms with Crippen LogP contribution in [0, 0.1) is 0 Å². The van der Waals surface area contributed by atoms with Crippen LogP contribution in [0.1, 0.15) is 96.8 Å². The van der Waals surface area contributed by atoms with Crippen molar-refractivity contribution < 1.29 is 30.3 Å². The van der Waals surface area contributed by atoms with Gasteiger partial charge in [0.25, 0.3) is 0 Å². The van der Waals surface area contributed by atoms with E-state index >= 15 is 0 Å². The number of hydrogen-bond acceptors (Lipinski definition) is 7. The van der Waals surface area contributed by atoms with Gasteiger partial charge >= 0.3 is 0 Å². The molecule has 7 N–H and O–H groups in total. The molecule has 7 nitrogen and oxygen atoms in total. The van der Waals surface area contributed by atoms with Crippen molar-refractivity contribution in [2.24, 2.45) is 5.73 Å². The molecule has 7 heteroatoms. The quantitative estimate of drug-likeness (QED) is 0.165. The lowest BCUT2D eigenvalue weighted by Gasteiger charge is -2.25. The third-order valence-electron chi connectivity index (χ3n) is 5.54. The summed E-state index contributed by atoms with van der Waals surface area (Å²) < 4.78 is 0. The predicted octanol–water partition coefficient (Wildman–Crippen LogP) is 1.80. The Kier molecular flexibility index (Phi) is 17.9. The summed E-state index contributed by atoms with van der Waals surface area (Å²) in [6, 6.07) is -1.36. The van der Waals surface area contributed by atoms with E-state index in [1.807, 2.05) is 0 Å². The van der Waals surface area contributed by atoms with Gasteiger partial charge in [0.05, 0.1) is 18.8 Å². The van der Waals surface area contributed by atoms with E-state index in [0.29, 0.717) is 6.42 Å². The molecule has 0 saturated heterocycles. The smallest absolute Gasteiger partial charge is 0.152 e. The van der Waals surface area contributed by atoms with Crippen LogP contribution in [0.5, 0.6) is 0 Å². The molecule has 0 aromatic rings. The normalized spacial score (nSPS) is 16.9. The summed E-state index contributed by atoms with van der Waals surface area (Å²) in [7, 11) is 0. The Morgan fingerprint density at radius 1 is 0.759 bits per heavy atom. The SMILES string of the molecule is CCCCCCCCCCCCCC(O)CCC(=O)[C@H](N)[C@@H](O)[C@H](O)[C@H](O)CO. The predicted molar refractivity (Wildman–Crippen MR) is 114 cm³/mol. The van der Waals surface area contributed by atoms with E-state index in [1.54, 1.807) is 0 Å². The number of hydrogen-bond donors (Lipinski definition) is 6. The van der Waals surface area contributed by atoms with Crippen LogP contribution in [0.15, 0.2) is 0 Å². The third kappa shape index (κ3) is 14.1. The molecule has 0 aliphatic rings. The first-order chi connectivity index (χ1) is 13.8. The highest BCUT2D eigenvalue weighted by Gasteiger charge is 2.32. The van der Waals surface area contributed by atoms with E-state index in [9.17, 15) is 25.2 Å². The number of unbranched alkanes of at least 4 members (excludes halogenated alkanes) is 10. The average Bonchev–Trinajstić information content (AvgIpc) is 2.73. The Bertz CT molecular complexity index is 395. The molecule has 0 aliphatic heterocycles. The summed E-state index contributed by atoms with van der Waals surface area (Å²) in [6.07, 6.45) is 9.03. The Morgan fingerprint density at radius 2 is 1.24 bits per heavy atom. The Labute approximate surface area is 176 Å². The molecule has 174 valence electrons.